The second kappa shape index (κ2) is 4.23. The molecule has 0 amide bonds. The summed E-state index contributed by atoms with van der Waals surface area (Å²) in [4.78, 5) is 21.5. The Morgan fingerprint density at radius 1 is 1.54 bits per heavy atom. The van der Waals surface area contributed by atoms with Gasteiger partial charge >= 0.3 is 11.9 Å². The van der Waals surface area contributed by atoms with Crippen LogP contribution in [0.15, 0.2) is 0 Å². The number of hydrogen-bond donors (Lipinski definition) is 1. The summed E-state index contributed by atoms with van der Waals surface area (Å²) >= 11 is 0. The van der Waals surface area contributed by atoms with Crippen molar-refractivity contribution in [2.45, 2.75) is 6.42 Å². The smallest absolute Gasteiger partial charge is 0.309 e. The first-order valence-electron chi connectivity index (χ1n) is 4.02. The molecule has 5 nitrogen and oxygen atoms in total. The molecule has 5 heteroatoms. The number of aliphatic carboxylic acids is 1. The number of hydrogen-bond acceptors (Lipinski definition) is 4. The molecule has 1 N–H and O–H groups in total. The molecule has 0 aromatic heterocycles. The van der Waals surface area contributed by atoms with Crippen LogP contribution in [0.2, 0.25) is 0 Å². The van der Waals surface area contributed by atoms with Gasteiger partial charge in [-0.15, -0.1) is 0 Å². The molecule has 1 aliphatic rings. The molecule has 13 heavy (non-hydrogen) atoms. The highest BCUT2D eigenvalue weighted by Gasteiger charge is 2.35. The predicted molar refractivity (Wildman–Crippen MR) is 42.1 cm³/mol. The van der Waals surface area contributed by atoms with Crippen LogP contribution in [-0.2, 0) is 19.1 Å². The Hall–Kier alpha value is -1.10. The van der Waals surface area contributed by atoms with Crippen molar-refractivity contribution >= 4 is 11.9 Å². The highest BCUT2D eigenvalue weighted by Crippen LogP contribution is 2.24. The molecule has 0 bridgehead atoms. The van der Waals surface area contributed by atoms with Gasteiger partial charge in [0.25, 0.3) is 0 Å². The average molecular weight is 188 g/mol. The lowest BCUT2D eigenvalue weighted by atomic mass is 9.93. The minimum Gasteiger partial charge on any atom is -0.481 e. The maximum Gasteiger partial charge on any atom is 0.309 e. The molecule has 0 saturated carbocycles. The zero-order chi connectivity index (χ0) is 9.84. The maximum atomic E-state index is 10.9. The van der Waals surface area contributed by atoms with E-state index in [-0.39, 0.29) is 24.9 Å². The molecule has 0 spiro atoms. The van der Waals surface area contributed by atoms with Gasteiger partial charge in [0.15, 0.2) is 0 Å². The van der Waals surface area contributed by atoms with Crippen molar-refractivity contribution in [3.05, 3.63) is 0 Å². The van der Waals surface area contributed by atoms with Gasteiger partial charge < -0.3 is 14.6 Å². The first kappa shape index (κ1) is 9.98. The number of rotatable bonds is 3. The van der Waals surface area contributed by atoms with Crippen LogP contribution in [0, 0.1) is 11.8 Å². The lowest BCUT2D eigenvalue weighted by Gasteiger charge is -2.11. The highest BCUT2D eigenvalue weighted by atomic mass is 16.5. The van der Waals surface area contributed by atoms with Crippen LogP contribution in [-0.4, -0.2) is 37.4 Å². The van der Waals surface area contributed by atoms with E-state index in [2.05, 4.69) is 4.74 Å². The van der Waals surface area contributed by atoms with Crippen LogP contribution < -0.4 is 0 Å². The number of carbonyl (C=O) groups excluding carboxylic acids is 1. The molecule has 0 aliphatic carbocycles. The zero-order valence-electron chi connectivity index (χ0n) is 7.36. The molecule has 0 aromatic carbocycles. The molecule has 1 heterocycles. The second-order valence-corrected chi connectivity index (χ2v) is 3.02. The lowest BCUT2D eigenvalue weighted by molar-refractivity contribution is -0.145. The molecule has 0 radical (unpaired) electrons. The largest absolute Gasteiger partial charge is 0.481 e. The van der Waals surface area contributed by atoms with Gasteiger partial charge in [0.1, 0.15) is 0 Å². The fraction of sp³-hybridized carbons (Fsp3) is 0.750. The van der Waals surface area contributed by atoms with Crippen molar-refractivity contribution in [2.24, 2.45) is 11.8 Å². The third kappa shape index (κ3) is 2.42. The van der Waals surface area contributed by atoms with Crippen molar-refractivity contribution in [3.63, 3.8) is 0 Å². The van der Waals surface area contributed by atoms with Crippen LogP contribution in [0.3, 0.4) is 0 Å². The summed E-state index contributed by atoms with van der Waals surface area (Å²) in [6.45, 7) is 0.517. The summed E-state index contributed by atoms with van der Waals surface area (Å²) in [6, 6.07) is 0. The Morgan fingerprint density at radius 3 is 2.77 bits per heavy atom. The zero-order valence-corrected chi connectivity index (χ0v) is 7.36. The topological polar surface area (TPSA) is 72.8 Å². The summed E-state index contributed by atoms with van der Waals surface area (Å²) in [5.74, 6) is -2.11. The fourth-order valence-corrected chi connectivity index (χ4v) is 1.37. The van der Waals surface area contributed by atoms with Crippen molar-refractivity contribution in [3.8, 4) is 0 Å². The molecular formula is C8H12O5. The highest BCUT2D eigenvalue weighted by molar-refractivity contribution is 5.74. The monoisotopic (exact) mass is 188 g/mol. The van der Waals surface area contributed by atoms with E-state index < -0.39 is 11.9 Å². The summed E-state index contributed by atoms with van der Waals surface area (Å²) in [6.07, 6.45) is 0.119. The van der Waals surface area contributed by atoms with E-state index in [1.165, 1.54) is 7.11 Å². The minimum atomic E-state index is -0.911. The molecule has 2 atom stereocenters. The van der Waals surface area contributed by atoms with Gasteiger partial charge in [0, 0.05) is 5.92 Å². The van der Waals surface area contributed by atoms with Gasteiger partial charge in [0.05, 0.1) is 32.7 Å². The Kier molecular flexibility index (Phi) is 3.25. The number of carboxylic acids is 1. The Labute approximate surface area is 75.6 Å². The Bertz CT molecular complexity index is 213. The van der Waals surface area contributed by atoms with E-state index in [4.69, 9.17) is 9.84 Å². The van der Waals surface area contributed by atoms with Crippen LogP contribution in [0.25, 0.3) is 0 Å². The van der Waals surface area contributed by atoms with E-state index in [0.717, 1.165) is 0 Å². The maximum absolute atomic E-state index is 10.9. The average Bonchev–Trinajstić information content (AvgIpc) is 2.52. The summed E-state index contributed by atoms with van der Waals surface area (Å²) in [5.41, 5.74) is 0. The third-order valence-corrected chi connectivity index (χ3v) is 2.17. The van der Waals surface area contributed by atoms with Gasteiger partial charge in [-0.05, 0) is 0 Å². The van der Waals surface area contributed by atoms with E-state index in [9.17, 15) is 9.59 Å². The minimum absolute atomic E-state index is 0.119. The van der Waals surface area contributed by atoms with Crippen molar-refractivity contribution in [2.75, 3.05) is 20.3 Å². The molecule has 74 valence electrons. The fourth-order valence-electron chi connectivity index (χ4n) is 1.37. The number of methoxy groups -OCH3 is 1. The summed E-state index contributed by atoms with van der Waals surface area (Å²) in [5, 5.41) is 8.74. The lowest BCUT2D eigenvalue weighted by Crippen LogP contribution is -2.24. The van der Waals surface area contributed by atoms with Gasteiger partial charge in [-0.25, -0.2) is 0 Å². The number of ether oxygens (including phenoxy) is 2. The van der Waals surface area contributed by atoms with Crippen molar-refractivity contribution in [1.29, 1.82) is 0 Å². The van der Waals surface area contributed by atoms with E-state index in [1.54, 1.807) is 0 Å². The molecule has 1 rings (SSSR count). The number of esters is 1. The predicted octanol–water partition coefficient (Wildman–Crippen LogP) is -0.103. The first-order valence-corrected chi connectivity index (χ1v) is 4.02. The van der Waals surface area contributed by atoms with Gasteiger partial charge in [-0.3, -0.25) is 9.59 Å². The van der Waals surface area contributed by atoms with Crippen LogP contribution in [0.4, 0.5) is 0 Å². The number of carbonyl (C=O) groups is 2. The second-order valence-electron chi connectivity index (χ2n) is 3.02. The Balaban J connectivity index is 2.48. The van der Waals surface area contributed by atoms with Crippen molar-refractivity contribution < 1.29 is 24.2 Å². The molecule has 1 saturated heterocycles. The first-order chi connectivity index (χ1) is 6.15. The molecule has 2 unspecified atom stereocenters. The van der Waals surface area contributed by atoms with Gasteiger partial charge in [-0.1, -0.05) is 0 Å². The summed E-state index contributed by atoms with van der Waals surface area (Å²) < 4.78 is 9.44. The third-order valence-electron chi connectivity index (χ3n) is 2.17. The standard InChI is InChI=1S/C8H12O5/c1-12-7(9)2-5-3-13-4-6(5)8(10)11/h5-6H,2-4H2,1H3,(H,10,11). The van der Waals surface area contributed by atoms with E-state index >= 15 is 0 Å². The summed E-state index contributed by atoms with van der Waals surface area (Å²) in [7, 11) is 1.29. The van der Waals surface area contributed by atoms with E-state index in [0.29, 0.717) is 6.61 Å². The quantitative estimate of drug-likeness (QED) is 0.626. The van der Waals surface area contributed by atoms with Gasteiger partial charge in [-0.2, -0.15) is 0 Å². The molecular weight excluding hydrogens is 176 g/mol. The van der Waals surface area contributed by atoms with Crippen LogP contribution in [0.1, 0.15) is 6.42 Å². The van der Waals surface area contributed by atoms with Gasteiger partial charge in [0.2, 0.25) is 0 Å². The molecule has 1 fully saturated rings. The van der Waals surface area contributed by atoms with E-state index in [1.807, 2.05) is 0 Å². The molecule has 0 aromatic rings. The SMILES string of the molecule is COC(=O)CC1COCC1C(=O)O. The molecule has 1 aliphatic heterocycles. The van der Waals surface area contributed by atoms with Crippen LogP contribution in [0.5, 0.6) is 0 Å². The normalized spacial score (nSPS) is 27.2. The van der Waals surface area contributed by atoms with Crippen molar-refractivity contribution in [1.82, 2.24) is 0 Å². The number of carboxylic acid groups (broad SMARTS) is 1. The Morgan fingerprint density at radius 2 is 2.23 bits per heavy atom. The van der Waals surface area contributed by atoms with Crippen LogP contribution >= 0.6 is 0 Å².